The molecule has 0 aliphatic rings. The zero-order chi connectivity index (χ0) is 12.3. The summed E-state index contributed by atoms with van der Waals surface area (Å²) in [5.74, 6) is -0.875. The lowest BCUT2D eigenvalue weighted by atomic mass is 9.98. The van der Waals surface area contributed by atoms with E-state index in [4.69, 9.17) is 5.11 Å². The minimum atomic E-state index is -1.04. The van der Waals surface area contributed by atoms with Crippen molar-refractivity contribution in [1.82, 2.24) is 0 Å². The standard InChI is InChI=1S/C11H14O4S/c1-6-4-7(11(14)15)2-3-8(6)10(13)9(12)5-16/h2-4,9-10,12-13,16H,5H2,1H3,(H,14,15). The van der Waals surface area contributed by atoms with Crippen LogP contribution >= 0.6 is 12.6 Å². The van der Waals surface area contributed by atoms with E-state index in [9.17, 15) is 15.0 Å². The van der Waals surface area contributed by atoms with Crippen molar-refractivity contribution in [1.29, 1.82) is 0 Å². The smallest absolute Gasteiger partial charge is 0.335 e. The first-order valence-corrected chi connectivity index (χ1v) is 5.41. The van der Waals surface area contributed by atoms with E-state index in [0.29, 0.717) is 11.1 Å². The van der Waals surface area contributed by atoms with Crippen molar-refractivity contribution in [3.05, 3.63) is 34.9 Å². The van der Waals surface area contributed by atoms with E-state index < -0.39 is 18.2 Å². The summed E-state index contributed by atoms with van der Waals surface area (Å²) in [7, 11) is 0. The van der Waals surface area contributed by atoms with Crippen LogP contribution in [0.25, 0.3) is 0 Å². The van der Waals surface area contributed by atoms with Gasteiger partial charge < -0.3 is 15.3 Å². The second-order valence-electron chi connectivity index (χ2n) is 3.57. The lowest BCUT2D eigenvalue weighted by Gasteiger charge is -2.18. The third-order valence-electron chi connectivity index (χ3n) is 2.39. The Bertz CT molecular complexity index is 392. The van der Waals surface area contributed by atoms with Crippen molar-refractivity contribution < 1.29 is 20.1 Å². The third kappa shape index (κ3) is 2.75. The first kappa shape index (κ1) is 13.0. The minimum Gasteiger partial charge on any atom is -0.478 e. The molecular weight excluding hydrogens is 228 g/mol. The predicted octanol–water partition coefficient (Wildman–Crippen LogP) is 1.02. The Morgan fingerprint density at radius 3 is 2.50 bits per heavy atom. The number of hydrogen-bond acceptors (Lipinski definition) is 4. The number of carbonyl (C=O) groups is 1. The van der Waals surface area contributed by atoms with Crippen LogP contribution in [0.5, 0.6) is 0 Å². The molecular formula is C11H14O4S. The van der Waals surface area contributed by atoms with Crippen LogP contribution in [-0.2, 0) is 0 Å². The van der Waals surface area contributed by atoms with Gasteiger partial charge in [-0.15, -0.1) is 0 Å². The van der Waals surface area contributed by atoms with Gasteiger partial charge in [-0.05, 0) is 30.2 Å². The monoisotopic (exact) mass is 242 g/mol. The Balaban J connectivity index is 3.03. The molecule has 2 atom stereocenters. The maximum Gasteiger partial charge on any atom is 0.335 e. The van der Waals surface area contributed by atoms with Crippen LogP contribution < -0.4 is 0 Å². The summed E-state index contributed by atoms with van der Waals surface area (Å²) in [6.45, 7) is 1.69. The minimum absolute atomic E-state index is 0.140. The largest absolute Gasteiger partial charge is 0.478 e. The fourth-order valence-corrected chi connectivity index (χ4v) is 1.65. The molecule has 0 radical (unpaired) electrons. The van der Waals surface area contributed by atoms with E-state index in [1.54, 1.807) is 6.92 Å². The summed E-state index contributed by atoms with van der Waals surface area (Å²) in [6.07, 6.45) is -2.00. The van der Waals surface area contributed by atoms with Gasteiger partial charge in [-0.25, -0.2) is 4.79 Å². The lowest BCUT2D eigenvalue weighted by Crippen LogP contribution is -2.20. The second kappa shape index (κ2) is 5.34. The highest BCUT2D eigenvalue weighted by Crippen LogP contribution is 2.22. The molecule has 0 aliphatic carbocycles. The second-order valence-corrected chi connectivity index (χ2v) is 3.94. The van der Waals surface area contributed by atoms with Crippen LogP contribution in [0.15, 0.2) is 18.2 Å². The van der Waals surface area contributed by atoms with Crippen LogP contribution in [0.2, 0.25) is 0 Å². The number of rotatable bonds is 4. The molecule has 0 fully saturated rings. The van der Waals surface area contributed by atoms with Crippen molar-refractivity contribution >= 4 is 18.6 Å². The van der Waals surface area contributed by atoms with Gasteiger partial charge in [0, 0.05) is 5.75 Å². The predicted molar refractivity (Wildman–Crippen MR) is 63.0 cm³/mol. The number of aryl methyl sites for hydroxylation is 1. The Kier molecular flexibility index (Phi) is 4.35. The molecule has 1 rings (SSSR count). The number of benzene rings is 1. The van der Waals surface area contributed by atoms with Crippen LogP contribution in [-0.4, -0.2) is 33.1 Å². The number of aliphatic hydroxyl groups is 2. The van der Waals surface area contributed by atoms with Crippen LogP contribution in [0.4, 0.5) is 0 Å². The van der Waals surface area contributed by atoms with Gasteiger partial charge in [0.15, 0.2) is 0 Å². The van der Waals surface area contributed by atoms with Crippen LogP contribution in [0, 0.1) is 6.92 Å². The van der Waals surface area contributed by atoms with E-state index in [1.807, 2.05) is 0 Å². The normalized spacial score (nSPS) is 14.5. The molecule has 0 amide bonds. The molecule has 88 valence electrons. The van der Waals surface area contributed by atoms with Crippen molar-refractivity contribution in [2.24, 2.45) is 0 Å². The molecule has 1 aromatic carbocycles. The molecule has 0 bridgehead atoms. The zero-order valence-corrected chi connectivity index (χ0v) is 9.69. The Hall–Kier alpha value is -1.04. The van der Waals surface area contributed by atoms with Gasteiger partial charge in [-0.1, -0.05) is 6.07 Å². The Morgan fingerprint density at radius 2 is 2.06 bits per heavy atom. The summed E-state index contributed by atoms with van der Waals surface area (Å²) >= 11 is 3.89. The molecule has 16 heavy (non-hydrogen) atoms. The summed E-state index contributed by atoms with van der Waals surface area (Å²) in [4.78, 5) is 10.7. The average molecular weight is 242 g/mol. The molecule has 0 spiro atoms. The molecule has 0 heterocycles. The van der Waals surface area contributed by atoms with Crippen molar-refractivity contribution in [2.45, 2.75) is 19.1 Å². The van der Waals surface area contributed by atoms with Gasteiger partial charge in [0.1, 0.15) is 6.10 Å². The average Bonchev–Trinajstić information content (AvgIpc) is 2.26. The highest BCUT2D eigenvalue weighted by molar-refractivity contribution is 7.80. The van der Waals surface area contributed by atoms with Crippen LogP contribution in [0.1, 0.15) is 27.6 Å². The fraction of sp³-hybridized carbons (Fsp3) is 0.364. The number of thiol groups is 1. The van der Waals surface area contributed by atoms with Gasteiger partial charge >= 0.3 is 5.97 Å². The lowest BCUT2D eigenvalue weighted by molar-refractivity contribution is 0.0333. The molecule has 0 saturated carbocycles. The first-order chi connectivity index (χ1) is 7.47. The number of carboxylic acid groups (broad SMARTS) is 1. The fourth-order valence-electron chi connectivity index (χ4n) is 1.45. The van der Waals surface area contributed by atoms with E-state index >= 15 is 0 Å². The molecule has 1 aromatic rings. The van der Waals surface area contributed by atoms with E-state index in [1.165, 1.54) is 18.2 Å². The highest BCUT2D eigenvalue weighted by Gasteiger charge is 2.19. The molecule has 4 nitrogen and oxygen atoms in total. The van der Waals surface area contributed by atoms with Crippen molar-refractivity contribution in [3.8, 4) is 0 Å². The van der Waals surface area contributed by atoms with Gasteiger partial charge in [-0.3, -0.25) is 0 Å². The zero-order valence-electron chi connectivity index (χ0n) is 8.79. The van der Waals surface area contributed by atoms with E-state index in [-0.39, 0.29) is 11.3 Å². The molecule has 0 aromatic heterocycles. The summed E-state index contributed by atoms with van der Waals surface area (Å²) in [6, 6.07) is 4.38. The van der Waals surface area contributed by atoms with E-state index in [2.05, 4.69) is 12.6 Å². The Labute approximate surface area is 99.0 Å². The van der Waals surface area contributed by atoms with Crippen molar-refractivity contribution in [2.75, 3.05) is 5.75 Å². The van der Waals surface area contributed by atoms with Crippen LogP contribution in [0.3, 0.4) is 0 Å². The third-order valence-corrected chi connectivity index (χ3v) is 2.76. The summed E-state index contributed by atoms with van der Waals surface area (Å²) in [5.41, 5.74) is 1.31. The molecule has 2 unspecified atom stereocenters. The SMILES string of the molecule is Cc1cc(C(=O)O)ccc1C(O)C(O)CS. The molecule has 5 heteroatoms. The molecule has 0 aliphatic heterocycles. The number of aromatic carboxylic acids is 1. The van der Waals surface area contributed by atoms with Gasteiger partial charge in [-0.2, -0.15) is 12.6 Å². The number of carboxylic acids is 1. The van der Waals surface area contributed by atoms with Gasteiger partial charge in [0.2, 0.25) is 0 Å². The quantitative estimate of drug-likeness (QED) is 0.594. The van der Waals surface area contributed by atoms with Gasteiger partial charge in [0.05, 0.1) is 11.7 Å². The Morgan fingerprint density at radius 1 is 1.44 bits per heavy atom. The number of hydrogen-bond donors (Lipinski definition) is 4. The van der Waals surface area contributed by atoms with Gasteiger partial charge in [0.25, 0.3) is 0 Å². The number of aliphatic hydroxyl groups excluding tert-OH is 2. The topological polar surface area (TPSA) is 77.8 Å². The molecule has 0 saturated heterocycles. The summed E-state index contributed by atoms with van der Waals surface area (Å²) in [5, 5.41) is 28.0. The highest BCUT2D eigenvalue weighted by atomic mass is 32.1. The summed E-state index contributed by atoms with van der Waals surface area (Å²) < 4.78 is 0. The van der Waals surface area contributed by atoms with Crippen molar-refractivity contribution in [3.63, 3.8) is 0 Å². The maximum atomic E-state index is 10.7. The first-order valence-electron chi connectivity index (χ1n) is 4.78. The molecule has 3 N–H and O–H groups in total. The van der Waals surface area contributed by atoms with E-state index in [0.717, 1.165) is 0 Å². The maximum absolute atomic E-state index is 10.7.